The van der Waals surface area contributed by atoms with Gasteiger partial charge in [0, 0.05) is 37.1 Å². The molecule has 1 saturated heterocycles. The summed E-state index contributed by atoms with van der Waals surface area (Å²) < 4.78 is 27.2. The van der Waals surface area contributed by atoms with E-state index >= 15 is 0 Å². The minimum absolute atomic E-state index is 0.143. The summed E-state index contributed by atoms with van der Waals surface area (Å²) >= 11 is 0. The summed E-state index contributed by atoms with van der Waals surface area (Å²) in [6, 6.07) is 5.31. The van der Waals surface area contributed by atoms with Gasteiger partial charge in [0.1, 0.15) is 17.7 Å². The molecule has 5 heterocycles. The van der Waals surface area contributed by atoms with Crippen LogP contribution in [-0.2, 0) is 6.54 Å². The van der Waals surface area contributed by atoms with E-state index in [1.165, 1.54) is 6.07 Å². The summed E-state index contributed by atoms with van der Waals surface area (Å²) in [5.41, 5.74) is 8.41. The molecule has 5 rings (SSSR count). The minimum atomic E-state index is -0.467. The van der Waals surface area contributed by atoms with Crippen molar-refractivity contribution in [1.82, 2.24) is 34.4 Å². The monoisotopic (exact) mass is 464 g/mol. The molecule has 1 atom stereocenters. The molecular weight excluding hydrogens is 439 g/mol. The van der Waals surface area contributed by atoms with Crippen LogP contribution >= 0.6 is 0 Å². The second-order valence-corrected chi connectivity index (χ2v) is 8.21. The van der Waals surface area contributed by atoms with Crippen LogP contribution in [0.1, 0.15) is 18.9 Å². The Balaban J connectivity index is 1.51. The Bertz CT molecular complexity index is 1310. The van der Waals surface area contributed by atoms with Gasteiger partial charge in [-0.25, -0.2) is 14.4 Å². The lowest BCUT2D eigenvalue weighted by molar-refractivity contribution is 0.200. The Morgan fingerprint density at radius 2 is 2.06 bits per heavy atom. The molecule has 4 aromatic rings. The molecule has 0 unspecified atom stereocenters. The molecule has 4 aromatic heterocycles. The topological polar surface area (TPSA) is 117 Å². The van der Waals surface area contributed by atoms with Crippen LogP contribution in [0.4, 0.5) is 10.2 Å². The zero-order chi connectivity index (χ0) is 23.7. The van der Waals surface area contributed by atoms with E-state index in [1.807, 2.05) is 23.6 Å². The number of nitrogens with two attached hydrogens (primary N) is 1. The fourth-order valence-electron chi connectivity index (χ4n) is 4.02. The number of hydrogen-bond acceptors (Lipinski definition) is 9. The van der Waals surface area contributed by atoms with E-state index in [4.69, 9.17) is 15.2 Å². The molecule has 34 heavy (non-hydrogen) atoms. The van der Waals surface area contributed by atoms with Crippen LogP contribution in [0.2, 0.25) is 0 Å². The van der Waals surface area contributed by atoms with Gasteiger partial charge in [0.15, 0.2) is 17.0 Å². The van der Waals surface area contributed by atoms with Gasteiger partial charge in [0.05, 0.1) is 19.3 Å². The maximum absolute atomic E-state index is 13.9. The molecular formula is C23H25FN8O2. The lowest BCUT2D eigenvalue weighted by Crippen LogP contribution is -2.21. The first-order valence-corrected chi connectivity index (χ1v) is 11.1. The summed E-state index contributed by atoms with van der Waals surface area (Å²) in [6.45, 7) is 4.50. The number of anilines is 1. The number of nitrogen functional groups attached to an aromatic ring is 1. The van der Waals surface area contributed by atoms with Crippen LogP contribution in [0.3, 0.4) is 0 Å². The SMILES string of the molecule is CCOc1nc(N)c2nc(-c3cncc(F)c3)n(Cc3ccc(O[C@H]4CCN(C)C4)nc3)c2n1. The van der Waals surface area contributed by atoms with Crippen molar-refractivity contribution in [2.75, 3.05) is 32.5 Å². The van der Waals surface area contributed by atoms with E-state index in [1.54, 1.807) is 12.4 Å². The van der Waals surface area contributed by atoms with Gasteiger partial charge in [-0.1, -0.05) is 6.07 Å². The fraction of sp³-hybridized carbons (Fsp3) is 0.348. The highest BCUT2D eigenvalue weighted by molar-refractivity contribution is 5.85. The van der Waals surface area contributed by atoms with Gasteiger partial charge in [0.2, 0.25) is 5.88 Å². The Hall–Kier alpha value is -3.86. The molecule has 0 spiro atoms. The third-order valence-electron chi connectivity index (χ3n) is 5.61. The first kappa shape index (κ1) is 22.0. The molecule has 0 aromatic carbocycles. The predicted molar refractivity (Wildman–Crippen MR) is 124 cm³/mol. The summed E-state index contributed by atoms with van der Waals surface area (Å²) in [5, 5.41) is 0. The first-order valence-electron chi connectivity index (χ1n) is 11.1. The number of rotatable bonds is 7. The molecule has 0 bridgehead atoms. The van der Waals surface area contributed by atoms with Gasteiger partial charge in [-0.3, -0.25) is 4.98 Å². The van der Waals surface area contributed by atoms with Crippen molar-refractivity contribution >= 4 is 17.0 Å². The molecule has 0 radical (unpaired) electrons. The van der Waals surface area contributed by atoms with Gasteiger partial charge in [-0.15, -0.1) is 0 Å². The first-order chi connectivity index (χ1) is 16.5. The molecule has 1 aliphatic heterocycles. The molecule has 176 valence electrons. The van der Waals surface area contributed by atoms with Crippen LogP contribution in [0.25, 0.3) is 22.6 Å². The zero-order valence-electron chi connectivity index (χ0n) is 19.0. The Labute approximate surface area is 195 Å². The lowest BCUT2D eigenvalue weighted by atomic mass is 10.2. The maximum Gasteiger partial charge on any atom is 0.320 e. The molecule has 0 amide bonds. The molecule has 1 fully saturated rings. The number of pyridine rings is 2. The van der Waals surface area contributed by atoms with Gasteiger partial charge in [-0.2, -0.15) is 9.97 Å². The van der Waals surface area contributed by atoms with Crippen LogP contribution in [0.5, 0.6) is 11.9 Å². The third-order valence-corrected chi connectivity index (χ3v) is 5.61. The number of halogens is 1. The van der Waals surface area contributed by atoms with Gasteiger partial charge >= 0.3 is 6.01 Å². The van der Waals surface area contributed by atoms with Crippen LogP contribution in [0, 0.1) is 5.82 Å². The van der Waals surface area contributed by atoms with Crippen molar-refractivity contribution in [2.24, 2.45) is 0 Å². The van der Waals surface area contributed by atoms with Crippen molar-refractivity contribution in [3.8, 4) is 23.3 Å². The maximum atomic E-state index is 13.9. The minimum Gasteiger partial charge on any atom is -0.473 e. The average Bonchev–Trinajstić information content (AvgIpc) is 3.39. The van der Waals surface area contributed by atoms with Crippen molar-refractivity contribution in [3.05, 3.63) is 48.2 Å². The number of likely N-dealkylation sites (tertiary alicyclic amines) is 1. The molecule has 11 heteroatoms. The largest absolute Gasteiger partial charge is 0.473 e. The number of hydrogen-bond donors (Lipinski definition) is 1. The second kappa shape index (κ2) is 9.18. The van der Waals surface area contributed by atoms with Crippen molar-refractivity contribution in [1.29, 1.82) is 0 Å². The average molecular weight is 465 g/mol. The van der Waals surface area contributed by atoms with E-state index in [0.717, 1.165) is 31.3 Å². The highest BCUT2D eigenvalue weighted by Gasteiger charge is 2.22. The standard InChI is InChI=1S/C23H25FN8O2/c1-3-33-23-29-20(25)19-22(30-23)32(21(28-19)15-8-16(24)11-26-10-15)12-14-4-5-18(27-9-14)34-17-6-7-31(2)13-17/h4-5,8-11,17H,3,6-7,12-13H2,1-2H3,(H2,25,29,30)/t17-/m0/s1. The molecule has 0 saturated carbocycles. The van der Waals surface area contributed by atoms with Crippen molar-refractivity contribution < 1.29 is 13.9 Å². The van der Waals surface area contributed by atoms with E-state index in [9.17, 15) is 4.39 Å². The number of fused-ring (bicyclic) bond motifs is 1. The normalized spacial score (nSPS) is 16.3. The Morgan fingerprint density at radius 3 is 2.76 bits per heavy atom. The molecule has 10 nitrogen and oxygen atoms in total. The summed E-state index contributed by atoms with van der Waals surface area (Å²) in [4.78, 5) is 24.0. The Kier molecular flexibility index (Phi) is 5.93. The smallest absolute Gasteiger partial charge is 0.320 e. The third kappa shape index (κ3) is 4.46. The predicted octanol–water partition coefficient (Wildman–Crippen LogP) is 2.53. The summed E-state index contributed by atoms with van der Waals surface area (Å²) in [6.07, 6.45) is 5.56. The van der Waals surface area contributed by atoms with Crippen molar-refractivity contribution in [3.63, 3.8) is 0 Å². The Morgan fingerprint density at radius 1 is 1.18 bits per heavy atom. The molecule has 0 aliphatic carbocycles. The fourth-order valence-corrected chi connectivity index (χ4v) is 4.02. The molecule has 1 aliphatic rings. The van der Waals surface area contributed by atoms with Gasteiger partial charge in [0.25, 0.3) is 0 Å². The van der Waals surface area contributed by atoms with E-state index < -0.39 is 5.82 Å². The summed E-state index contributed by atoms with van der Waals surface area (Å²) in [7, 11) is 2.08. The van der Waals surface area contributed by atoms with Crippen LogP contribution in [0.15, 0.2) is 36.8 Å². The number of aromatic nitrogens is 6. The number of ether oxygens (including phenoxy) is 2. The second-order valence-electron chi connectivity index (χ2n) is 8.21. The van der Waals surface area contributed by atoms with Crippen LogP contribution in [-0.4, -0.2) is 67.2 Å². The lowest BCUT2D eigenvalue weighted by Gasteiger charge is -2.13. The van der Waals surface area contributed by atoms with Crippen molar-refractivity contribution in [2.45, 2.75) is 26.0 Å². The summed E-state index contributed by atoms with van der Waals surface area (Å²) in [5.74, 6) is 0.761. The van der Waals surface area contributed by atoms with Gasteiger partial charge < -0.3 is 24.7 Å². The number of nitrogens with zero attached hydrogens (tertiary/aromatic N) is 7. The van der Waals surface area contributed by atoms with E-state index in [0.29, 0.717) is 41.6 Å². The molecule has 2 N–H and O–H groups in total. The number of likely N-dealkylation sites (N-methyl/N-ethyl adjacent to an activating group) is 1. The van der Waals surface area contributed by atoms with E-state index in [-0.39, 0.29) is 17.9 Å². The van der Waals surface area contributed by atoms with Crippen LogP contribution < -0.4 is 15.2 Å². The highest BCUT2D eigenvalue weighted by atomic mass is 19.1. The zero-order valence-corrected chi connectivity index (χ0v) is 19.0. The van der Waals surface area contributed by atoms with E-state index in [2.05, 4.69) is 36.9 Å². The number of imidazole rings is 1. The van der Waals surface area contributed by atoms with Gasteiger partial charge in [-0.05, 0) is 32.0 Å². The highest BCUT2D eigenvalue weighted by Crippen LogP contribution is 2.29. The quantitative estimate of drug-likeness (QED) is 0.440.